The van der Waals surface area contributed by atoms with Crippen LogP contribution < -0.4 is 0 Å². The number of hydrogen-bond acceptors (Lipinski definition) is 5. The van der Waals surface area contributed by atoms with E-state index < -0.39 is 6.09 Å². The van der Waals surface area contributed by atoms with Gasteiger partial charge in [-0.05, 0) is 24.7 Å². The van der Waals surface area contributed by atoms with E-state index in [1.54, 1.807) is 13.1 Å². The van der Waals surface area contributed by atoms with Crippen LogP contribution in [0.4, 0.5) is 4.79 Å². The molecule has 2 aromatic rings. The van der Waals surface area contributed by atoms with Crippen molar-refractivity contribution in [3.63, 3.8) is 0 Å². The Balaban J connectivity index is 2.21. The average Bonchev–Trinajstić information content (AvgIpc) is 2.79. The normalized spacial score (nSPS) is 10.8. The van der Waals surface area contributed by atoms with Gasteiger partial charge in [-0.25, -0.2) is 4.79 Å². The molecule has 0 saturated carbocycles. The van der Waals surface area contributed by atoms with Gasteiger partial charge >= 0.3 is 6.09 Å². The SMILES string of the molecule is CCOC(=O)n1ncn(N=Cc2ccccc2)c1=S. The second-order valence-corrected chi connectivity index (χ2v) is 3.89. The van der Waals surface area contributed by atoms with E-state index in [1.807, 2.05) is 30.3 Å². The molecule has 6 nitrogen and oxygen atoms in total. The van der Waals surface area contributed by atoms with E-state index in [9.17, 15) is 4.79 Å². The summed E-state index contributed by atoms with van der Waals surface area (Å²) in [4.78, 5) is 11.5. The Labute approximate surface area is 114 Å². The van der Waals surface area contributed by atoms with Crippen LogP contribution >= 0.6 is 12.2 Å². The Kier molecular flexibility index (Phi) is 4.19. The van der Waals surface area contributed by atoms with Crippen LogP contribution in [0.15, 0.2) is 41.8 Å². The summed E-state index contributed by atoms with van der Waals surface area (Å²) < 4.78 is 7.29. The fraction of sp³-hybridized carbons (Fsp3) is 0.167. The number of carbonyl (C=O) groups excluding carboxylic acids is 1. The molecule has 0 aliphatic carbocycles. The first-order valence-corrected chi connectivity index (χ1v) is 6.06. The second kappa shape index (κ2) is 6.05. The Hall–Kier alpha value is -2.28. The maximum absolute atomic E-state index is 11.5. The van der Waals surface area contributed by atoms with Crippen LogP contribution in [-0.2, 0) is 4.74 Å². The van der Waals surface area contributed by atoms with Crippen LogP contribution in [0.1, 0.15) is 12.5 Å². The van der Waals surface area contributed by atoms with Crippen molar-refractivity contribution < 1.29 is 9.53 Å². The third-order valence-electron chi connectivity index (χ3n) is 2.23. The molecule has 1 aromatic heterocycles. The monoisotopic (exact) mass is 276 g/mol. The summed E-state index contributed by atoms with van der Waals surface area (Å²) in [5.41, 5.74) is 0.924. The van der Waals surface area contributed by atoms with E-state index in [-0.39, 0.29) is 11.4 Å². The molecule has 0 N–H and O–H groups in total. The van der Waals surface area contributed by atoms with Crippen LogP contribution in [0, 0.1) is 4.77 Å². The molecule has 0 aliphatic rings. The zero-order valence-electron chi connectivity index (χ0n) is 10.3. The van der Waals surface area contributed by atoms with Crippen molar-refractivity contribution in [3.8, 4) is 0 Å². The van der Waals surface area contributed by atoms with E-state index in [1.165, 1.54) is 11.0 Å². The van der Waals surface area contributed by atoms with Crippen molar-refractivity contribution in [1.82, 2.24) is 14.5 Å². The first kappa shape index (κ1) is 13.2. The lowest BCUT2D eigenvalue weighted by Gasteiger charge is -1.98. The minimum Gasteiger partial charge on any atom is -0.448 e. The summed E-state index contributed by atoms with van der Waals surface area (Å²) in [5.74, 6) is 0. The summed E-state index contributed by atoms with van der Waals surface area (Å²) in [6.07, 6.45) is 2.38. The number of aromatic nitrogens is 3. The predicted molar refractivity (Wildman–Crippen MR) is 72.9 cm³/mol. The lowest BCUT2D eigenvalue weighted by atomic mass is 10.2. The Bertz CT molecular complexity index is 645. The first-order chi connectivity index (χ1) is 9.22. The molecule has 0 bridgehead atoms. The van der Waals surface area contributed by atoms with Gasteiger partial charge < -0.3 is 4.74 Å². The molecule has 0 spiro atoms. The van der Waals surface area contributed by atoms with Crippen LogP contribution in [0.25, 0.3) is 0 Å². The predicted octanol–water partition coefficient (Wildman–Crippen LogP) is 2.30. The summed E-state index contributed by atoms with van der Waals surface area (Å²) in [7, 11) is 0. The zero-order chi connectivity index (χ0) is 13.7. The van der Waals surface area contributed by atoms with E-state index in [2.05, 4.69) is 10.2 Å². The molecule has 0 unspecified atom stereocenters. The highest BCUT2D eigenvalue weighted by Gasteiger charge is 2.09. The third-order valence-corrected chi connectivity index (χ3v) is 2.59. The standard InChI is InChI=1S/C12H12N4O2S/c1-2-18-12(17)16-11(19)15(9-14-16)13-8-10-6-4-3-5-7-10/h3-9H,2H2,1H3. The smallest absolute Gasteiger partial charge is 0.437 e. The minimum absolute atomic E-state index is 0.158. The fourth-order valence-corrected chi connectivity index (χ4v) is 1.57. The zero-order valence-corrected chi connectivity index (χ0v) is 11.1. The number of carbonyl (C=O) groups is 1. The van der Waals surface area contributed by atoms with Gasteiger partial charge in [0.2, 0.25) is 4.77 Å². The quantitative estimate of drug-likeness (QED) is 0.637. The number of hydrogen-bond donors (Lipinski definition) is 0. The van der Waals surface area contributed by atoms with E-state index in [0.717, 1.165) is 10.2 Å². The molecule has 0 aliphatic heterocycles. The number of rotatable bonds is 3. The van der Waals surface area contributed by atoms with Crippen LogP contribution in [0.2, 0.25) is 0 Å². The molecular formula is C12H12N4O2S. The average molecular weight is 276 g/mol. The molecule has 0 fully saturated rings. The highest BCUT2D eigenvalue weighted by Crippen LogP contribution is 1.98. The van der Waals surface area contributed by atoms with Gasteiger partial charge in [0, 0.05) is 0 Å². The molecule has 7 heteroatoms. The van der Waals surface area contributed by atoms with Gasteiger partial charge in [0.15, 0.2) is 0 Å². The highest BCUT2D eigenvalue weighted by atomic mass is 32.1. The first-order valence-electron chi connectivity index (χ1n) is 5.65. The Morgan fingerprint density at radius 3 is 2.89 bits per heavy atom. The largest absolute Gasteiger partial charge is 0.448 e. The van der Waals surface area contributed by atoms with E-state index >= 15 is 0 Å². The Morgan fingerprint density at radius 1 is 1.47 bits per heavy atom. The van der Waals surface area contributed by atoms with Crippen LogP contribution in [0.3, 0.4) is 0 Å². The van der Waals surface area contributed by atoms with Gasteiger partial charge in [-0.2, -0.15) is 9.78 Å². The summed E-state index contributed by atoms with van der Waals surface area (Å²) in [6, 6.07) is 9.54. The summed E-state index contributed by atoms with van der Waals surface area (Å²) in [5, 5.41) is 7.97. The Morgan fingerprint density at radius 2 is 2.21 bits per heavy atom. The van der Waals surface area contributed by atoms with Crippen molar-refractivity contribution in [3.05, 3.63) is 47.0 Å². The van der Waals surface area contributed by atoms with Gasteiger partial charge in [-0.3, -0.25) is 0 Å². The minimum atomic E-state index is -0.610. The van der Waals surface area contributed by atoms with Crippen LogP contribution in [0.5, 0.6) is 0 Å². The molecule has 0 amide bonds. The molecule has 1 aromatic carbocycles. The van der Waals surface area contributed by atoms with Gasteiger partial charge in [0.1, 0.15) is 6.33 Å². The molecule has 0 radical (unpaired) electrons. The number of benzene rings is 1. The van der Waals surface area contributed by atoms with Gasteiger partial charge in [0.05, 0.1) is 12.8 Å². The van der Waals surface area contributed by atoms with Crippen molar-refractivity contribution in [1.29, 1.82) is 0 Å². The lowest BCUT2D eigenvalue weighted by molar-refractivity contribution is 0.150. The molecule has 0 saturated heterocycles. The molecular weight excluding hydrogens is 264 g/mol. The number of ether oxygens (including phenoxy) is 1. The number of nitrogens with zero attached hydrogens (tertiary/aromatic N) is 4. The van der Waals surface area contributed by atoms with E-state index in [4.69, 9.17) is 17.0 Å². The second-order valence-electron chi connectivity index (χ2n) is 3.52. The van der Waals surface area contributed by atoms with Gasteiger partial charge in [-0.15, -0.1) is 9.78 Å². The van der Waals surface area contributed by atoms with E-state index in [0.29, 0.717) is 0 Å². The molecule has 2 rings (SSSR count). The molecule has 1 heterocycles. The molecule has 98 valence electrons. The van der Waals surface area contributed by atoms with Gasteiger partial charge in [0.25, 0.3) is 0 Å². The van der Waals surface area contributed by atoms with Crippen molar-refractivity contribution in [2.75, 3.05) is 6.61 Å². The van der Waals surface area contributed by atoms with Crippen molar-refractivity contribution in [2.45, 2.75) is 6.92 Å². The summed E-state index contributed by atoms with van der Waals surface area (Å²) >= 11 is 5.08. The fourth-order valence-electron chi connectivity index (χ4n) is 1.35. The van der Waals surface area contributed by atoms with Gasteiger partial charge in [-0.1, -0.05) is 30.3 Å². The van der Waals surface area contributed by atoms with Crippen LogP contribution in [-0.4, -0.2) is 33.4 Å². The highest BCUT2D eigenvalue weighted by molar-refractivity contribution is 7.71. The van der Waals surface area contributed by atoms with Crippen molar-refractivity contribution in [2.24, 2.45) is 5.10 Å². The third kappa shape index (κ3) is 3.14. The maximum atomic E-state index is 11.5. The van der Waals surface area contributed by atoms with Crippen molar-refractivity contribution >= 4 is 24.5 Å². The molecule has 0 atom stereocenters. The molecule has 19 heavy (non-hydrogen) atoms. The lowest BCUT2D eigenvalue weighted by Crippen LogP contribution is -2.15. The topological polar surface area (TPSA) is 61.4 Å². The maximum Gasteiger partial charge on any atom is 0.437 e. The summed E-state index contributed by atoms with van der Waals surface area (Å²) in [6.45, 7) is 1.98.